The van der Waals surface area contributed by atoms with E-state index in [1.165, 1.54) is 19.1 Å². The van der Waals surface area contributed by atoms with Gasteiger partial charge in [0.1, 0.15) is 23.9 Å². The number of hydrogen-bond donors (Lipinski definition) is 7. The molecule has 0 spiro atoms. The number of nitrogens with two attached hydrogens (primary N) is 2. The second kappa shape index (κ2) is 14.3. The maximum atomic E-state index is 13.3. The monoisotopic (exact) mass is 527 g/mol. The van der Waals surface area contributed by atoms with Crippen molar-refractivity contribution < 1.29 is 34.2 Å². The number of rotatable bonds is 14. The van der Waals surface area contributed by atoms with Crippen LogP contribution in [0.2, 0.25) is 0 Å². The van der Waals surface area contributed by atoms with E-state index in [0.29, 0.717) is 11.1 Å². The summed E-state index contributed by atoms with van der Waals surface area (Å²) in [6.07, 6.45) is -0.407. The van der Waals surface area contributed by atoms with Gasteiger partial charge in [0, 0.05) is 19.3 Å². The Morgan fingerprint density at radius 2 is 1.26 bits per heavy atom. The average molecular weight is 528 g/mol. The van der Waals surface area contributed by atoms with Crippen molar-refractivity contribution in [2.45, 2.75) is 56.8 Å². The first-order valence-corrected chi connectivity index (χ1v) is 12.0. The van der Waals surface area contributed by atoms with Gasteiger partial charge in [-0.1, -0.05) is 42.5 Å². The molecule has 0 heterocycles. The number of carbonyl (C=O) groups is 5. The van der Waals surface area contributed by atoms with Gasteiger partial charge in [0.25, 0.3) is 0 Å². The third-order valence-electron chi connectivity index (χ3n) is 5.63. The lowest BCUT2D eigenvalue weighted by molar-refractivity contribution is -0.142. The molecule has 0 fully saturated rings. The van der Waals surface area contributed by atoms with Gasteiger partial charge >= 0.3 is 5.97 Å². The van der Waals surface area contributed by atoms with Crippen LogP contribution >= 0.6 is 0 Å². The molecule has 0 saturated heterocycles. The van der Waals surface area contributed by atoms with Crippen molar-refractivity contribution in [1.82, 2.24) is 16.0 Å². The zero-order valence-electron chi connectivity index (χ0n) is 20.9. The van der Waals surface area contributed by atoms with Crippen LogP contribution in [0.3, 0.4) is 0 Å². The van der Waals surface area contributed by atoms with Gasteiger partial charge in [0.15, 0.2) is 0 Å². The third kappa shape index (κ3) is 9.90. The van der Waals surface area contributed by atoms with Crippen molar-refractivity contribution in [2.24, 2.45) is 11.5 Å². The molecule has 2 aromatic rings. The van der Waals surface area contributed by atoms with E-state index in [4.69, 9.17) is 11.5 Å². The Kier molecular flexibility index (Phi) is 11.2. The summed E-state index contributed by atoms with van der Waals surface area (Å²) >= 11 is 0. The molecule has 0 saturated carbocycles. The minimum atomic E-state index is -1.28. The molecule has 38 heavy (non-hydrogen) atoms. The highest BCUT2D eigenvalue weighted by atomic mass is 16.4. The molecule has 12 heteroatoms. The summed E-state index contributed by atoms with van der Waals surface area (Å²) in [5.41, 5.74) is 12.0. The maximum absolute atomic E-state index is 13.3. The first kappa shape index (κ1) is 29.8. The summed E-state index contributed by atoms with van der Waals surface area (Å²) in [5, 5.41) is 26.7. The zero-order chi connectivity index (χ0) is 28.2. The highest BCUT2D eigenvalue weighted by molar-refractivity contribution is 5.94. The highest BCUT2D eigenvalue weighted by Crippen LogP contribution is 2.12. The minimum absolute atomic E-state index is 0.00211. The van der Waals surface area contributed by atoms with Gasteiger partial charge in [-0.25, -0.2) is 4.79 Å². The van der Waals surface area contributed by atoms with Crippen LogP contribution in [0.4, 0.5) is 0 Å². The van der Waals surface area contributed by atoms with E-state index in [1.54, 1.807) is 42.5 Å². The topological polar surface area (TPSA) is 214 Å². The zero-order valence-corrected chi connectivity index (χ0v) is 20.9. The number of carbonyl (C=O) groups excluding carboxylic acids is 4. The first-order chi connectivity index (χ1) is 18.0. The number of benzene rings is 2. The van der Waals surface area contributed by atoms with Crippen molar-refractivity contribution in [2.75, 3.05) is 0 Å². The summed E-state index contributed by atoms with van der Waals surface area (Å²) in [6, 6.07) is 9.90. The highest BCUT2D eigenvalue weighted by Gasteiger charge is 2.30. The molecule has 9 N–H and O–H groups in total. The summed E-state index contributed by atoms with van der Waals surface area (Å²) in [7, 11) is 0. The Labute approximate surface area is 219 Å². The Morgan fingerprint density at radius 3 is 1.82 bits per heavy atom. The predicted octanol–water partition coefficient (Wildman–Crippen LogP) is -0.671. The van der Waals surface area contributed by atoms with Crippen LogP contribution in [0.5, 0.6) is 5.75 Å². The van der Waals surface area contributed by atoms with Crippen molar-refractivity contribution in [1.29, 1.82) is 0 Å². The summed E-state index contributed by atoms with van der Waals surface area (Å²) < 4.78 is 0. The van der Waals surface area contributed by atoms with E-state index in [1.807, 2.05) is 0 Å². The Balaban J connectivity index is 2.27. The van der Waals surface area contributed by atoms with Crippen LogP contribution < -0.4 is 27.4 Å². The number of hydrogen-bond acceptors (Lipinski definition) is 7. The molecular weight excluding hydrogens is 494 g/mol. The third-order valence-corrected chi connectivity index (χ3v) is 5.63. The molecule has 4 amide bonds. The van der Waals surface area contributed by atoms with E-state index in [9.17, 15) is 34.2 Å². The molecule has 2 rings (SSSR count). The number of aromatic hydroxyl groups is 1. The Morgan fingerprint density at radius 1 is 0.763 bits per heavy atom. The van der Waals surface area contributed by atoms with Gasteiger partial charge in [0.2, 0.25) is 23.6 Å². The molecule has 0 aliphatic rings. The van der Waals surface area contributed by atoms with Crippen LogP contribution in [-0.2, 0) is 36.8 Å². The van der Waals surface area contributed by atoms with Gasteiger partial charge in [-0.15, -0.1) is 0 Å². The molecule has 4 atom stereocenters. The molecule has 0 aliphatic heterocycles. The van der Waals surface area contributed by atoms with Gasteiger partial charge < -0.3 is 37.6 Å². The lowest BCUT2D eigenvalue weighted by Gasteiger charge is -2.25. The first-order valence-electron chi connectivity index (χ1n) is 12.0. The second-order valence-electron chi connectivity index (χ2n) is 8.88. The van der Waals surface area contributed by atoms with Crippen molar-refractivity contribution >= 4 is 29.6 Å². The van der Waals surface area contributed by atoms with Gasteiger partial charge in [-0.3, -0.25) is 19.2 Å². The number of phenols is 1. The number of phenolic OH excluding ortho intramolecular Hbond substituents is 1. The standard InChI is InChI=1S/C26H33N5O7/c1-15(27)23(34)29-19(11-12-22(28)33)24(35)30-20(13-17-7-9-18(32)10-8-17)25(36)31-21(26(37)38)14-16-5-3-2-4-6-16/h2-10,15,19-21,32H,11-14,27H2,1H3,(H2,28,33)(H,29,34)(H,30,35)(H,31,36)(H,37,38). The molecule has 0 bridgehead atoms. The molecule has 4 unspecified atom stereocenters. The van der Waals surface area contributed by atoms with Crippen LogP contribution in [0.15, 0.2) is 54.6 Å². The SMILES string of the molecule is CC(N)C(=O)NC(CCC(N)=O)C(=O)NC(Cc1ccc(O)cc1)C(=O)NC(Cc1ccccc1)C(=O)O. The predicted molar refractivity (Wildman–Crippen MR) is 137 cm³/mol. The molecule has 0 aromatic heterocycles. The summed E-state index contributed by atoms with van der Waals surface area (Å²) in [6.45, 7) is 1.41. The van der Waals surface area contributed by atoms with Crippen LogP contribution in [-0.4, -0.2) is 64.0 Å². The van der Waals surface area contributed by atoms with E-state index in [-0.39, 0.29) is 31.4 Å². The number of carboxylic acid groups (broad SMARTS) is 1. The number of amides is 4. The lowest BCUT2D eigenvalue weighted by Crippen LogP contribution is -2.57. The minimum Gasteiger partial charge on any atom is -0.508 e. The molecule has 204 valence electrons. The molecule has 12 nitrogen and oxygen atoms in total. The molecule has 0 radical (unpaired) electrons. The smallest absolute Gasteiger partial charge is 0.326 e. The van der Waals surface area contributed by atoms with Crippen LogP contribution in [0.1, 0.15) is 30.9 Å². The Hall–Kier alpha value is -4.45. The van der Waals surface area contributed by atoms with E-state index in [2.05, 4.69) is 16.0 Å². The van der Waals surface area contributed by atoms with Gasteiger partial charge in [0.05, 0.1) is 6.04 Å². The summed E-state index contributed by atoms with van der Waals surface area (Å²) in [5.74, 6) is -4.17. The maximum Gasteiger partial charge on any atom is 0.326 e. The molecular formula is C26H33N5O7. The second-order valence-corrected chi connectivity index (χ2v) is 8.88. The van der Waals surface area contributed by atoms with Crippen LogP contribution in [0.25, 0.3) is 0 Å². The number of nitrogens with one attached hydrogen (secondary N) is 3. The fourth-order valence-corrected chi connectivity index (χ4v) is 3.53. The van der Waals surface area contributed by atoms with Crippen molar-refractivity contribution in [3.05, 3.63) is 65.7 Å². The molecule has 2 aromatic carbocycles. The van der Waals surface area contributed by atoms with Gasteiger partial charge in [-0.2, -0.15) is 0 Å². The Bertz CT molecular complexity index is 1120. The fraction of sp³-hybridized carbons (Fsp3) is 0.346. The lowest BCUT2D eigenvalue weighted by atomic mass is 10.0. The van der Waals surface area contributed by atoms with E-state index < -0.39 is 53.8 Å². The molecule has 0 aliphatic carbocycles. The number of aliphatic carboxylic acids is 1. The number of carboxylic acids is 1. The normalized spacial score (nSPS) is 13.8. The van der Waals surface area contributed by atoms with Crippen molar-refractivity contribution in [3.63, 3.8) is 0 Å². The average Bonchev–Trinajstić information content (AvgIpc) is 2.87. The number of primary amides is 1. The van der Waals surface area contributed by atoms with Gasteiger partial charge in [-0.05, 0) is 36.6 Å². The quantitative estimate of drug-likeness (QED) is 0.167. The van der Waals surface area contributed by atoms with E-state index in [0.717, 1.165) is 0 Å². The van der Waals surface area contributed by atoms with Crippen LogP contribution in [0, 0.1) is 0 Å². The van der Waals surface area contributed by atoms with Crippen molar-refractivity contribution in [3.8, 4) is 5.75 Å². The largest absolute Gasteiger partial charge is 0.508 e. The van der Waals surface area contributed by atoms with E-state index >= 15 is 0 Å². The summed E-state index contributed by atoms with van der Waals surface area (Å²) in [4.78, 5) is 61.7. The fourth-order valence-electron chi connectivity index (χ4n) is 3.53.